The van der Waals surface area contributed by atoms with Gasteiger partial charge in [0.1, 0.15) is 0 Å². The van der Waals surface area contributed by atoms with E-state index in [4.69, 9.17) is 16.6 Å². The second-order valence-corrected chi connectivity index (χ2v) is 9.13. The summed E-state index contributed by atoms with van der Waals surface area (Å²) >= 11 is -4.06. The quantitative estimate of drug-likeness (QED) is 0.240. The van der Waals surface area contributed by atoms with Crippen LogP contribution in [0.4, 0.5) is 0 Å². The van der Waals surface area contributed by atoms with Gasteiger partial charge in [-0.3, -0.25) is 0 Å². The second kappa shape index (κ2) is 6.04. The topological polar surface area (TPSA) is 146 Å². The van der Waals surface area contributed by atoms with E-state index >= 15 is 0 Å². The van der Waals surface area contributed by atoms with Crippen molar-refractivity contribution in [2.75, 3.05) is 0 Å². The van der Waals surface area contributed by atoms with Crippen LogP contribution >= 0.6 is 0 Å². The van der Waals surface area contributed by atoms with Crippen molar-refractivity contribution in [2.45, 2.75) is 4.44 Å². The molecule has 0 atom stereocenters. The van der Waals surface area contributed by atoms with Crippen molar-refractivity contribution >= 4 is 19.2 Å². The van der Waals surface area contributed by atoms with Crippen LogP contribution in [0.1, 0.15) is 0 Å². The van der Waals surface area contributed by atoms with Crippen molar-refractivity contribution in [1.82, 2.24) is 0 Å². The van der Waals surface area contributed by atoms with Crippen molar-refractivity contribution < 1.29 is 0 Å². The third-order valence-electron chi connectivity index (χ3n) is 1.03. The zero-order valence-electron chi connectivity index (χ0n) is 6.52. The number of allylic oxidation sites excluding steroid dienone is 1. The van der Waals surface area contributed by atoms with E-state index in [9.17, 15) is 0 Å². The van der Waals surface area contributed by atoms with Gasteiger partial charge in [0.2, 0.25) is 0 Å². The Morgan fingerprint density at radius 1 is 1.08 bits per heavy atom. The molecule has 0 aliphatic heterocycles. The second-order valence-electron chi connectivity index (χ2n) is 1.84. The zero-order valence-corrected chi connectivity index (χ0v) is 9.37. The summed E-state index contributed by atoms with van der Waals surface area (Å²) in [6, 6.07) is 0. The minimum absolute atomic E-state index is 0.160. The molecule has 0 aromatic carbocycles. The summed E-state index contributed by atoms with van der Waals surface area (Å²) in [5, 5.41) is 0. The fraction of sp³-hybridized carbons (Fsp3) is 0.333. The Balaban J connectivity index is 5.24. The molecule has 0 rings (SSSR count). The van der Waals surface area contributed by atoms with E-state index < -0.39 is 19.2 Å². The summed E-state index contributed by atoms with van der Waals surface area (Å²) in [6.45, 7) is 3.39. The van der Waals surface area contributed by atoms with Crippen LogP contribution < -0.4 is 0 Å². The Morgan fingerprint density at radius 3 is 1.69 bits per heavy atom. The average molecular weight is 286 g/mol. The molecule has 0 radical (unpaired) electrons. The van der Waals surface area contributed by atoms with Gasteiger partial charge >= 0.3 is 77.6 Å². The molecule has 0 heterocycles. The normalized spacial score (nSPS) is 12.3. The van der Waals surface area contributed by atoms with E-state index in [1.54, 1.807) is 0 Å². The van der Waals surface area contributed by atoms with E-state index in [1.165, 1.54) is 6.08 Å². The molecule has 10 heteroatoms. The van der Waals surface area contributed by atoms with E-state index in [-0.39, 0.29) is 4.44 Å². The van der Waals surface area contributed by atoms with Crippen LogP contribution in [0.3, 0.4) is 0 Å². The molecule has 0 unspecified atom stereocenters. The Bertz CT molecular complexity index is 281. The predicted octanol–water partition coefficient (Wildman–Crippen LogP) is 3.04. The van der Waals surface area contributed by atoms with Crippen LogP contribution in [0.25, 0.3) is 31.3 Å². The summed E-state index contributed by atoms with van der Waals surface area (Å²) in [4.78, 5) is 7.51. The van der Waals surface area contributed by atoms with E-state index in [1.807, 2.05) is 0 Å². The molecule has 0 aromatic heterocycles. The summed E-state index contributed by atoms with van der Waals surface area (Å²) in [7, 11) is 0. The fourth-order valence-electron chi connectivity index (χ4n) is 0.591. The van der Waals surface area contributed by atoms with Gasteiger partial charge in [0.05, 0.1) is 0 Å². The van der Waals surface area contributed by atoms with Crippen molar-refractivity contribution in [2.24, 2.45) is 10.0 Å². The molecule has 0 fully saturated rings. The van der Waals surface area contributed by atoms with Crippen molar-refractivity contribution in [1.29, 1.82) is 0 Å². The number of hydrogen-bond acceptors (Lipinski definition) is 3. The molecule has 0 saturated carbocycles. The van der Waals surface area contributed by atoms with Gasteiger partial charge in [0, 0.05) is 0 Å². The Labute approximate surface area is 77.9 Å². The van der Waals surface area contributed by atoms with Crippen molar-refractivity contribution in [3.8, 4) is 0 Å². The van der Waals surface area contributed by atoms with Crippen LogP contribution in [0.5, 0.6) is 0 Å². The van der Waals surface area contributed by atoms with Gasteiger partial charge in [-0.05, 0) is 0 Å². The molecule has 0 amide bonds. The van der Waals surface area contributed by atoms with Gasteiger partial charge in [-0.15, -0.1) is 0 Å². The molecule has 0 aliphatic rings. The maximum absolute atomic E-state index is 8.19. The van der Waals surface area contributed by atoms with Gasteiger partial charge in [0.15, 0.2) is 0 Å². The van der Waals surface area contributed by atoms with Gasteiger partial charge < -0.3 is 0 Å². The number of azide groups is 1. The molecule has 0 spiro atoms. The Hall–Kier alpha value is -1.53. The SMILES string of the molecule is C=C[CH2][Sn]([N]=[N+]=[N-])([N]=[N+]=[N-])[N]=[N+]=[N-]. The van der Waals surface area contributed by atoms with Gasteiger partial charge in [-0.25, -0.2) is 0 Å². The number of hydrogen-bond donors (Lipinski definition) is 0. The molecule has 0 aliphatic carbocycles. The molecule has 0 aromatic rings. The standard InChI is InChI=1S/C3H5.3N3.Sn/c4*1-3-2;/h3H,1-2H2;;;;/q;3*-1;+3. The monoisotopic (exact) mass is 287 g/mol. The molecule has 0 N–H and O–H groups in total. The summed E-state index contributed by atoms with van der Waals surface area (Å²) in [5.74, 6) is 0. The zero-order chi connectivity index (χ0) is 10.2. The molecule has 0 bridgehead atoms. The Kier molecular flexibility index (Phi) is 5.33. The molecular weight excluding hydrogens is 281 g/mol. The number of rotatable bonds is 5. The third kappa shape index (κ3) is 3.59. The first kappa shape index (κ1) is 11.5. The van der Waals surface area contributed by atoms with E-state index in [0.29, 0.717) is 0 Å². The van der Waals surface area contributed by atoms with Crippen LogP contribution in [-0.4, -0.2) is 19.2 Å². The van der Waals surface area contributed by atoms with Gasteiger partial charge in [0.25, 0.3) is 0 Å². The first-order valence-corrected chi connectivity index (χ1v) is 8.89. The molecular formula is C3H5N9Sn. The van der Waals surface area contributed by atoms with Crippen LogP contribution in [-0.2, 0) is 0 Å². The van der Waals surface area contributed by atoms with Gasteiger partial charge in [-0.1, -0.05) is 0 Å². The van der Waals surface area contributed by atoms with E-state index in [0.717, 1.165) is 0 Å². The van der Waals surface area contributed by atoms with Crippen molar-refractivity contribution in [3.05, 3.63) is 44.0 Å². The average Bonchev–Trinajstić information content (AvgIpc) is 2.06. The predicted molar refractivity (Wildman–Crippen MR) is 48.2 cm³/mol. The van der Waals surface area contributed by atoms with Crippen molar-refractivity contribution in [3.63, 3.8) is 0 Å². The van der Waals surface area contributed by atoms with Crippen LogP contribution in [0.15, 0.2) is 22.7 Å². The first-order chi connectivity index (χ1) is 6.24. The molecule has 9 nitrogen and oxygen atoms in total. The summed E-state index contributed by atoms with van der Waals surface area (Å²) in [5.41, 5.74) is 24.6. The number of nitrogens with zero attached hydrogens (tertiary/aromatic N) is 9. The first-order valence-electron chi connectivity index (χ1n) is 3.04. The summed E-state index contributed by atoms with van der Waals surface area (Å²) in [6.07, 6.45) is 1.41. The fourth-order valence-corrected chi connectivity index (χ4v) is 3.96. The molecule has 66 valence electrons. The maximum atomic E-state index is 8.19. The van der Waals surface area contributed by atoms with Crippen LogP contribution in [0, 0.1) is 0 Å². The van der Waals surface area contributed by atoms with Gasteiger partial charge in [-0.2, -0.15) is 0 Å². The minimum atomic E-state index is -4.06. The molecule has 13 heavy (non-hydrogen) atoms. The van der Waals surface area contributed by atoms with Crippen LogP contribution in [0.2, 0.25) is 4.44 Å². The third-order valence-corrected chi connectivity index (χ3v) is 6.93. The van der Waals surface area contributed by atoms with E-state index in [2.05, 4.69) is 31.3 Å². The summed E-state index contributed by atoms with van der Waals surface area (Å²) < 4.78 is 10.1. The Morgan fingerprint density at radius 2 is 1.46 bits per heavy atom. The molecule has 0 saturated heterocycles.